The lowest BCUT2D eigenvalue weighted by Gasteiger charge is -2.23. The van der Waals surface area contributed by atoms with Crippen LogP contribution in [0.25, 0.3) is 0 Å². The Labute approximate surface area is 141 Å². The maximum atomic E-state index is 12.3. The molecule has 0 bridgehead atoms. The van der Waals surface area contributed by atoms with E-state index in [4.69, 9.17) is 0 Å². The van der Waals surface area contributed by atoms with Gasteiger partial charge in [-0.1, -0.05) is 18.2 Å². The highest BCUT2D eigenvalue weighted by atomic mass is 32.2. The summed E-state index contributed by atoms with van der Waals surface area (Å²) >= 11 is 1.75. The molecule has 1 aromatic carbocycles. The van der Waals surface area contributed by atoms with E-state index in [-0.39, 0.29) is 12.1 Å². The number of rotatable bonds is 3. The average molecular weight is 332 g/mol. The lowest BCUT2D eigenvalue weighted by atomic mass is 9.84. The Kier molecular flexibility index (Phi) is 4.01. The lowest BCUT2D eigenvalue weighted by Crippen LogP contribution is -2.47. The largest absolute Gasteiger partial charge is 0.387 e. The number of urea groups is 1. The molecule has 3 atom stereocenters. The van der Waals surface area contributed by atoms with Crippen molar-refractivity contribution in [3.8, 4) is 0 Å². The fraction of sp³-hybridized carbons (Fsp3) is 0.611. The van der Waals surface area contributed by atoms with Crippen molar-refractivity contribution in [1.82, 2.24) is 10.6 Å². The van der Waals surface area contributed by atoms with Crippen molar-refractivity contribution in [2.24, 2.45) is 0 Å². The van der Waals surface area contributed by atoms with Crippen LogP contribution < -0.4 is 10.6 Å². The second kappa shape index (κ2) is 6.02. The molecule has 0 aromatic heterocycles. The SMILES string of the molecule is O=C(NCC1(O)CCSC1)NC1CC2CCCc3cccc1c32. The number of carbonyl (C=O) groups is 1. The van der Waals surface area contributed by atoms with E-state index in [1.54, 1.807) is 11.8 Å². The van der Waals surface area contributed by atoms with E-state index < -0.39 is 5.60 Å². The van der Waals surface area contributed by atoms with Crippen LogP contribution in [0, 0.1) is 0 Å². The summed E-state index contributed by atoms with van der Waals surface area (Å²) in [5.74, 6) is 2.29. The number of amides is 2. The van der Waals surface area contributed by atoms with Gasteiger partial charge in [0.05, 0.1) is 11.6 Å². The van der Waals surface area contributed by atoms with Crippen LogP contribution in [0.15, 0.2) is 18.2 Å². The van der Waals surface area contributed by atoms with Crippen LogP contribution in [0.3, 0.4) is 0 Å². The molecule has 1 heterocycles. The van der Waals surface area contributed by atoms with Crippen molar-refractivity contribution in [3.05, 3.63) is 34.9 Å². The normalized spacial score (nSPS) is 31.7. The van der Waals surface area contributed by atoms with Gasteiger partial charge in [-0.2, -0.15) is 11.8 Å². The van der Waals surface area contributed by atoms with Crippen molar-refractivity contribution in [2.75, 3.05) is 18.1 Å². The summed E-state index contributed by atoms with van der Waals surface area (Å²) in [5, 5.41) is 16.3. The molecule has 4 nitrogen and oxygen atoms in total. The highest BCUT2D eigenvalue weighted by Gasteiger charge is 2.36. The Morgan fingerprint density at radius 3 is 3.17 bits per heavy atom. The smallest absolute Gasteiger partial charge is 0.315 e. The van der Waals surface area contributed by atoms with Gasteiger partial charge in [0.25, 0.3) is 0 Å². The monoisotopic (exact) mass is 332 g/mol. The quantitative estimate of drug-likeness (QED) is 0.797. The molecular formula is C18H24N2O2S. The predicted molar refractivity (Wildman–Crippen MR) is 92.9 cm³/mol. The first kappa shape index (κ1) is 15.3. The minimum Gasteiger partial charge on any atom is -0.387 e. The zero-order valence-corrected chi connectivity index (χ0v) is 14.1. The highest BCUT2D eigenvalue weighted by molar-refractivity contribution is 7.99. The third-order valence-electron chi connectivity index (χ3n) is 5.50. The Bertz CT molecular complexity index is 613. The van der Waals surface area contributed by atoms with Crippen molar-refractivity contribution in [1.29, 1.82) is 0 Å². The summed E-state index contributed by atoms with van der Waals surface area (Å²) < 4.78 is 0. The van der Waals surface area contributed by atoms with E-state index in [0.717, 1.165) is 18.6 Å². The van der Waals surface area contributed by atoms with Gasteiger partial charge < -0.3 is 15.7 Å². The number of aliphatic hydroxyl groups is 1. The van der Waals surface area contributed by atoms with Crippen molar-refractivity contribution in [2.45, 2.75) is 49.7 Å². The van der Waals surface area contributed by atoms with Crippen LogP contribution in [0.1, 0.15) is 54.3 Å². The van der Waals surface area contributed by atoms with Gasteiger partial charge >= 0.3 is 6.03 Å². The number of hydrogen-bond donors (Lipinski definition) is 3. The van der Waals surface area contributed by atoms with Crippen LogP contribution >= 0.6 is 11.8 Å². The maximum absolute atomic E-state index is 12.3. The maximum Gasteiger partial charge on any atom is 0.315 e. The standard InChI is InChI=1S/C18H24N2O2S/c21-17(19-10-18(22)7-8-23-11-18)20-15-9-13-5-1-3-12-4-2-6-14(15)16(12)13/h2,4,6,13,15,22H,1,3,5,7-11H2,(H2,19,20,21). The van der Waals surface area contributed by atoms with E-state index in [1.165, 1.54) is 36.0 Å². The second-order valence-electron chi connectivity index (χ2n) is 7.15. The van der Waals surface area contributed by atoms with Crippen LogP contribution in [0.5, 0.6) is 0 Å². The van der Waals surface area contributed by atoms with E-state index >= 15 is 0 Å². The number of carbonyl (C=O) groups excluding carboxylic acids is 1. The molecule has 5 heteroatoms. The second-order valence-corrected chi connectivity index (χ2v) is 8.26. The van der Waals surface area contributed by atoms with Crippen LogP contribution in [0.4, 0.5) is 4.79 Å². The van der Waals surface area contributed by atoms with E-state index in [1.807, 2.05) is 0 Å². The molecule has 4 rings (SSSR count). The molecule has 0 radical (unpaired) electrons. The average Bonchev–Trinajstić information content (AvgIpc) is 3.13. The lowest BCUT2D eigenvalue weighted by molar-refractivity contribution is 0.0698. The fourth-order valence-corrected chi connectivity index (χ4v) is 5.60. The predicted octanol–water partition coefficient (Wildman–Crippen LogP) is 2.72. The van der Waals surface area contributed by atoms with Crippen molar-refractivity contribution in [3.63, 3.8) is 0 Å². The number of aryl methyl sites for hydroxylation is 1. The summed E-state index contributed by atoms with van der Waals surface area (Å²) in [4.78, 5) is 12.3. The van der Waals surface area contributed by atoms with Gasteiger partial charge in [-0.05, 0) is 60.5 Å². The molecule has 124 valence electrons. The molecule has 0 saturated carbocycles. The number of nitrogens with one attached hydrogen (secondary N) is 2. The first-order chi connectivity index (χ1) is 11.1. The molecule has 1 saturated heterocycles. The molecule has 2 aliphatic carbocycles. The molecule has 1 fully saturated rings. The molecule has 2 amide bonds. The van der Waals surface area contributed by atoms with Gasteiger partial charge in [0.1, 0.15) is 0 Å². The van der Waals surface area contributed by atoms with Gasteiger partial charge in [0.15, 0.2) is 0 Å². The zero-order chi connectivity index (χ0) is 15.9. The molecule has 3 aliphatic rings. The van der Waals surface area contributed by atoms with E-state index in [9.17, 15) is 9.90 Å². The molecule has 1 aliphatic heterocycles. The first-order valence-corrected chi connectivity index (χ1v) is 9.76. The van der Waals surface area contributed by atoms with Gasteiger partial charge in [0.2, 0.25) is 0 Å². The number of hydrogen-bond acceptors (Lipinski definition) is 3. The molecule has 3 N–H and O–H groups in total. The molecule has 1 aromatic rings. The number of benzene rings is 1. The minimum absolute atomic E-state index is 0.112. The third kappa shape index (κ3) is 2.96. The summed E-state index contributed by atoms with van der Waals surface area (Å²) in [6, 6.07) is 6.47. The Hall–Kier alpha value is -1.20. The van der Waals surface area contributed by atoms with Crippen LogP contribution in [0.2, 0.25) is 0 Å². The Morgan fingerprint density at radius 2 is 2.35 bits per heavy atom. The fourth-order valence-electron chi connectivity index (χ4n) is 4.31. The van der Waals surface area contributed by atoms with E-state index in [2.05, 4.69) is 28.8 Å². The Morgan fingerprint density at radius 1 is 1.43 bits per heavy atom. The summed E-state index contributed by atoms with van der Waals surface area (Å²) in [6.45, 7) is 0.342. The van der Waals surface area contributed by atoms with Gasteiger partial charge in [0, 0.05) is 12.3 Å². The number of thioether (sulfide) groups is 1. The third-order valence-corrected chi connectivity index (χ3v) is 6.73. The Balaban J connectivity index is 1.40. The van der Waals surface area contributed by atoms with Gasteiger partial charge in [-0.3, -0.25) is 0 Å². The highest BCUT2D eigenvalue weighted by Crippen LogP contribution is 2.47. The van der Waals surface area contributed by atoms with E-state index in [0.29, 0.717) is 18.2 Å². The first-order valence-electron chi connectivity index (χ1n) is 8.61. The summed E-state index contributed by atoms with van der Waals surface area (Å²) in [5.41, 5.74) is 3.54. The van der Waals surface area contributed by atoms with Gasteiger partial charge in [-0.25, -0.2) is 4.79 Å². The molecular weight excluding hydrogens is 308 g/mol. The van der Waals surface area contributed by atoms with Gasteiger partial charge in [-0.15, -0.1) is 0 Å². The minimum atomic E-state index is -0.728. The van der Waals surface area contributed by atoms with Crippen molar-refractivity contribution < 1.29 is 9.90 Å². The summed E-state index contributed by atoms with van der Waals surface area (Å²) in [7, 11) is 0. The molecule has 23 heavy (non-hydrogen) atoms. The topological polar surface area (TPSA) is 61.4 Å². The van der Waals surface area contributed by atoms with Crippen LogP contribution in [-0.4, -0.2) is 34.8 Å². The summed E-state index contributed by atoms with van der Waals surface area (Å²) in [6.07, 6.45) is 5.43. The molecule has 3 unspecified atom stereocenters. The van der Waals surface area contributed by atoms with Crippen LogP contribution in [-0.2, 0) is 6.42 Å². The zero-order valence-electron chi connectivity index (χ0n) is 13.3. The molecule has 0 spiro atoms. The van der Waals surface area contributed by atoms with Crippen molar-refractivity contribution >= 4 is 17.8 Å².